The lowest BCUT2D eigenvalue weighted by molar-refractivity contribution is -0.00784. The van der Waals surface area contributed by atoms with Crippen molar-refractivity contribution in [3.63, 3.8) is 0 Å². The standard InChI is InChI=1S/C14H25N3O/c1-4-12-10-13(17(5-2)15-12)11-16-8-6-14(3,18)7-9-16/h10,18H,4-9,11H2,1-3H3. The Bertz CT molecular complexity index is 388. The molecule has 4 heteroatoms. The predicted octanol–water partition coefficient (Wildman–Crippen LogP) is 1.81. The number of hydrogen-bond acceptors (Lipinski definition) is 3. The number of aromatic nitrogens is 2. The first-order chi connectivity index (χ1) is 8.54. The number of nitrogens with zero attached hydrogens (tertiary/aromatic N) is 3. The topological polar surface area (TPSA) is 41.3 Å². The van der Waals surface area contributed by atoms with Gasteiger partial charge < -0.3 is 5.11 Å². The Hall–Kier alpha value is -0.870. The second kappa shape index (κ2) is 5.41. The van der Waals surface area contributed by atoms with E-state index < -0.39 is 5.60 Å². The first kappa shape index (κ1) is 13.6. The Balaban J connectivity index is 1.99. The van der Waals surface area contributed by atoms with E-state index >= 15 is 0 Å². The second-order valence-electron chi connectivity index (χ2n) is 5.57. The fraction of sp³-hybridized carbons (Fsp3) is 0.786. The molecular weight excluding hydrogens is 226 g/mol. The summed E-state index contributed by atoms with van der Waals surface area (Å²) in [6.07, 6.45) is 2.73. The van der Waals surface area contributed by atoms with E-state index in [1.807, 2.05) is 6.92 Å². The molecule has 0 atom stereocenters. The highest BCUT2D eigenvalue weighted by molar-refractivity contribution is 5.10. The van der Waals surface area contributed by atoms with Crippen LogP contribution >= 0.6 is 0 Å². The molecule has 0 amide bonds. The number of likely N-dealkylation sites (tertiary alicyclic amines) is 1. The van der Waals surface area contributed by atoms with Gasteiger partial charge in [0.1, 0.15) is 0 Å². The van der Waals surface area contributed by atoms with Crippen LogP contribution in [0.15, 0.2) is 6.07 Å². The smallest absolute Gasteiger partial charge is 0.0644 e. The molecule has 1 aliphatic rings. The Kier molecular flexibility index (Phi) is 4.07. The molecule has 0 radical (unpaired) electrons. The van der Waals surface area contributed by atoms with E-state index in [0.29, 0.717) is 0 Å². The average Bonchev–Trinajstić information content (AvgIpc) is 2.74. The summed E-state index contributed by atoms with van der Waals surface area (Å²) in [6.45, 7) is 10.1. The minimum atomic E-state index is -0.462. The Morgan fingerprint density at radius 3 is 2.56 bits per heavy atom. The van der Waals surface area contributed by atoms with Gasteiger partial charge in [0.15, 0.2) is 0 Å². The van der Waals surface area contributed by atoms with Gasteiger partial charge in [-0.2, -0.15) is 5.10 Å². The maximum atomic E-state index is 9.96. The van der Waals surface area contributed by atoms with Crippen LogP contribution in [0.4, 0.5) is 0 Å². The minimum absolute atomic E-state index is 0.462. The zero-order chi connectivity index (χ0) is 13.2. The van der Waals surface area contributed by atoms with Crippen molar-refractivity contribution < 1.29 is 5.11 Å². The van der Waals surface area contributed by atoms with Crippen LogP contribution in [0.3, 0.4) is 0 Å². The largest absolute Gasteiger partial charge is 0.390 e. The lowest BCUT2D eigenvalue weighted by atomic mass is 9.94. The molecule has 1 fully saturated rings. The summed E-state index contributed by atoms with van der Waals surface area (Å²) in [7, 11) is 0. The molecule has 1 aromatic heterocycles. The van der Waals surface area contributed by atoms with E-state index in [0.717, 1.165) is 45.4 Å². The second-order valence-corrected chi connectivity index (χ2v) is 5.57. The summed E-state index contributed by atoms with van der Waals surface area (Å²) >= 11 is 0. The summed E-state index contributed by atoms with van der Waals surface area (Å²) in [6, 6.07) is 2.22. The summed E-state index contributed by atoms with van der Waals surface area (Å²) in [5, 5.41) is 14.5. The van der Waals surface area contributed by atoms with Crippen LogP contribution in [0.1, 0.15) is 45.0 Å². The highest BCUT2D eigenvalue weighted by atomic mass is 16.3. The molecule has 4 nitrogen and oxygen atoms in total. The van der Waals surface area contributed by atoms with Crippen molar-refractivity contribution in [1.82, 2.24) is 14.7 Å². The molecule has 1 aromatic rings. The molecule has 0 saturated carbocycles. The van der Waals surface area contributed by atoms with Gasteiger partial charge in [-0.1, -0.05) is 6.92 Å². The van der Waals surface area contributed by atoms with Crippen LogP contribution in [-0.4, -0.2) is 38.5 Å². The summed E-state index contributed by atoms with van der Waals surface area (Å²) in [5.41, 5.74) is 2.02. The van der Waals surface area contributed by atoms with Gasteiger partial charge in [0.2, 0.25) is 0 Å². The van der Waals surface area contributed by atoms with E-state index in [1.54, 1.807) is 0 Å². The maximum absolute atomic E-state index is 9.96. The van der Waals surface area contributed by atoms with Gasteiger partial charge in [-0.15, -0.1) is 0 Å². The molecule has 1 N–H and O–H groups in total. The molecule has 0 aromatic carbocycles. The fourth-order valence-corrected chi connectivity index (χ4v) is 2.51. The van der Waals surface area contributed by atoms with Crippen LogP contribution in [0.25, 0.3) is 0 Å². The monoisotopic (exact) mass is 251 g/mol. The van der Waals surface area contributed by atoms with Crippen LogP contribution in [0.5, 0.6) is 0 Å². The third-order valence-electron chi connectivity index (χ3n) is 3.89. The normalized spacial score (nSPS) is 20.2. The van der Waals surface area contributed by atoms with Crippen molar-refractivity contribution in [3.05, 3.63) is 17.5 Å². The quantitative estimate of drug-likeness (QED) is 0.887. The van der Waals surface area contributed by atoms with Crippen LogP contribution in [0, 0.1) is 0 Å². The molecule has 2 heterocycles. The van der Waals surface area contributed by atoms with E-state index in [1.165, 1.54) is 11.4 Å². The van der Waals surface area contributed by atoms with Gasteiger partial charge in [0.05, 0.1) is 17.0 Å². The van der Waals surface area contributed by atoms with E-state index in [4.69, 9.17) is 0 Å². The van der Waals surface area contributed by atoms with Crippen molar-refractivity contribution in [3.8, 4) is 0 Å². The Morgan fingerprint density at radius 1 is 1.33 bits per heavy atom. The number of hydrogen-bond donors (Lipinski definition) is 1. The lowest BCUT2D eigenvalue weighted by Gasteiger charge is -2.35. The van der Waals surface area contributed by atoms with E-state index in [2.05, 4.69) is 34.6 Å². The van der Waals surface area contributed by atoms with Crippen molar-refractivity contribution >= 4 is 0 Å². The average molecular weight is 251 g/mol. The molecule has 0 spiro atoms. The molecule has 0 bridgehead atoms. The van der Waals surface area contributed by atoms with Gasteiger partial charge in [-0.25, -0.2) is 0 Å². The molecule has 0 aliphatic carbocycles. The first-order valence-corrected chi connectivity index (χ1v) is 7.04. The molecular formula is C14H25N3O. The van der Waals surface area contributed by atoms with Crippen molar-refractivity contribution in [2.24, 2.45) is 0 Å². The zero-order valence-corrected chi connectivity index (χ0v) is 11.8. The van der Waals surface area contributed by atoms with Crippen LogP contribution in [-0.2, 0) is 19.5 Å². The minimum Gasteiger partial charge on any atom is -0.390 e. The number of rotatable bonds is 4. The number of piperidine rings is 1. The molecule has 2 rings (SSSR count). The molecule has 102 valence electrons. The van der Waals surface area contributed by atoms with Crippen molar-refractivity contribution in [2.75, 3.05) is 13.1 Å². The van der Waals surface area contributed by atoms with E-state index in [9.17, 15) is 5.11 Å². The number of aliphatic hydroxyl groups is 1. The Morgan fingerprint density at radius 2 is 2.00 bits per heavy atom. The highest BCUT2D eigenvalue weighted by Gasteiger charge is 2.27. The lowest BCUT2D eigenvalue weighted by Crippen LogP contribution is -2.42. The Labute approximate surface area is 110 Å². The molecule has 1 saturated heterocycles. The van der Waals surface area contributed by atoms with Gasteiger partial charge in [-0.05, 0) is 39.2 Å². The maximum Gasteiger partial charge on any atom is 0.0644 e. The first-order valence-electron chi connectivity index (χ1n) is 7.04. The predicted molar refractivity (Wildman–Crippen MR) is 72.4 cm³/mol. The summed E-state index contributed by atoms with van der Waals surface area (Å²) < 4.78 is 2.10. The van der Waals surface area contributed by atoms with Gasteiger partial charge >= 0.3 is 0 Å². The van der Waals surface area contributed by atoms with Gasteiger partial charge in [0.25, 0.3) is 0 Å². The van der Waals surface area contributed by atoms with Crippen molar-refractivity contribution in [1.29, 1.82) is 0 Å². The van der Waals surface area contributed by atoms with Crippen molar-refractivity contribution in [2.45, 2.75) is 58.7 Å². The third kappa shape index (κ3) is 3.12. The molecule has 1 aliphatic heterocycles. The zero-order valence-electron chi connectivity index (χ0n) is 11.8. The fourth-order valence-electron chi connectivity index (χ4n) is 2.51. The highest BCUT2D eigenvalue weighted by Crippen LogP contribution is 2.22. The van der Waals surface area contributed by atoms with Gasteiger partial charge in [0, 0.05) is 26.2 Å². The molecule has 18 heavy (non-hydrogen) atoms. The van der Waals surface area contributed by atoms with E-state index in [-0.39, 0.29) is 0 Å². The van der Waals surface area contributed by atoms with Gasteiger partial charge in [-0.3, -0.25) is 9.58 Å². The molecule has 0 unspecified atom stereocenters. The summed E-state index contributed by atoms with van der Waals surface area (Å²) in [4.78, 5) is 2.42. The number of aryl methyl sites for hydroxylation is 2. The van der Waals surface area contributed by atoms with Crippen LogP contribution in [0.2, 0.25) is 0 Å². The third-order valence-corrected chi connectivity index (χ3v) is 3.89. The van der Waals surface area contributed by atoms with Crippen LogP contribution < -0.4 is 0 Å². The summed E-state index contributed by atoms with van der Waals surface area (Å²) in [5.74, 6) is 0. The SMILES string of the molecule is CCc1cc(CN2CCC(C)(O)CC2)n(CC)n1.